The van der Waals surface area contributed by atoms with E-state index in [0.29, 0.717) is 24.8 Å². The maximum atomic E-state index is 14.1. The third-order valence-corrected chi connectivity index (χ3v) is 7.10. The van der Waals surface area contributed by atoms with Gasteiger partial charge in [-0.1, -0.05) is 24.6 Å². The van der Waals surface area contributed by atoms with Crippen molar-refractivity contribution in [1.82, 2.24) is 14.5 Å². The van der Waals surface area contributed by atoms with Crippen molar-refractivity contribution in [2.24, 2.45) is 0 Å². The lowest BCUT2D eigenvalue weighted by atomic mass is 10.0. The third kappa shape index (κ3) is 4.97. The number of hydrogen-bond donors (Lipinski definition) is 1. The second-order valence-electron chi connectivity index (χ2n) is 9.04. The first-order valence-corrected chi connectivity index (χ1v) is 12.4. The first-order valence-electron chi connectivity index (χ1n) is 12.1. The van der Waals surface area contributed by atoms with E-state index in [-0.39, 0.29) is 67.3 Å². The maximum absolute atomic E-state index is 14.1. The van der Waals surface area contributed by atoms with Crippen LogP contribution < -0.4 is 10.3 Å². The van der Waals surface area contributed by atoms with Crippen LogP contribution in [0.3, 0.4) is 0 Å². The first kappa shape index (κ1) is 26.1. The summed E-state index contributed by atoms with van der Waals surface area (Å²) in [5.41, 5.74) is -0.598. The molecule has 1 amide bonds. The molecule has 4 rings (SSSR count). The lowest BCUT2D eigenvalue weighted by Gasteiger charge is -2.28. The van der Waals surface area contributed by atoms with Crippen molar-refractivity contribution >= 4 is 23.3 Å². The largest absolute Gasteiger partial charge is 0.501 e. The van der Waals surface area contributed by atoms with Crippen molar-refractivity contribution in [2.45, 2.75) is 57.5 Å². The fraction of sp³-hybridized carbons (Fsp3) is 0.520. The highest BCUT2D eigenvalue weighted by Gasteiger charge is 2.34. The van der Waals surface area contributed by atoms with E-state index in [1.165, 1.54) is 21.6 Å². The number of rotatable bonds is 1. The number of aryl methyl sites for hydroxylation is 1. The summed E-state index contributed by atoms with van der Waals surface area (Å²) >= 11 is 6.13. The molecule has 0 aliphatic carbocycles. The van der Waals surface area contributed by atoms with Crippen LogP contribution in [0.4, 0.5) is 4.39 Å². The molecule has 0 fully saturated rings. The van der Waals surface area contributed by atoms with Gasteiger partial charge >= 0.3 is 0 Å². The van der Waals surface area contributed by atoms with Gasteiger partial charge in [-0.25, -0.2) is 9.37 Å². The molecule has 11 heteroatoms. The van der Waals surface area contributed by atoms with Gasteiger partial charge in [0.15, 0.2) is 11.5 Å². The van der Waals surface area contributed by atoms with Gasteiger partial charge < -0.3 is 19.5 Å². The Kier molecular flexibility index (Phi) is 7.94. The van der Waals surface area contributed by atoms with Crippen LogP contribution in [-0.4, -0.2) is 58.1 Å². The monoisotopic (exact) mass is 521 g/mol. The van der Waals surface area contributed by atoms with Crippen LogP contribution >= 0.6 is 11.6 Å². The number of carbonyl (C=O) groups is 2. The minimum absolute atomic E-state index is 0.101. The second-order valence-corrected chi connectivity index (χ2v) is 9.42. The summed E-state index contributed by atoms with van der Waals surface area (Å²) in [5, 5.41) is 10.5. The number of benzene rings is 1. The molecule has 0 saturated carbocycles. The molecule has 2 bridgehead atoms. The van der Waals surface area contributed by atoms with Crippen LogP contribution in [0.2, 0.25) is 5.02 Å². The van der Waals surface area contributed by atoms with Gasteiger partial charge in [0.1, 0.15) is 28.5 Å². The number of Topliss-reactive ketones (excluding diaryl/α,β-unsaturated/α-hetero) is 1. The van der Waals surface area contributed by atoms with Gasteiger partial charge in [0.2, 0.25) is 11.7 Å². The number of fused-ring (bicyclic) bond motifs is 2. The summed E-state index contributed by atoms with van der Waals surface area (Å²) < 4.78 is 27.0. The molecule has 2 aromatic rings. The van der Waals surface area contributed by atoms with Crippen molar-refractivity contribution in [2.75, 3.05) is 26.9 Å². The topological polar surface area (TPSA) is 111 Å². The van der Waals surface area contributed by atoms with E-state index in [1.807, 2.05) is 6.92 Å². The molecule has 36 heavy (non-hydrogen) atoms. The molecule has 0 spiro atoms. The Balaban J connectivity index is 1.82. The second kappa shape index (κ2) is 11.0. The molecule has 1 aromatic heterocycles. The van der Waals surface area contributed by atoms with E-state index in [4.69, 9.17) is 21.1 Å². The van der Waals surface area contributed by atoms with Gasteiger partial charge in [-0.3, -0.25) is 19.0 Å². The zero-order chi connectivity index (χ0) is 26.0. The number of carbonyl (C=O) groups excluding carboxylic acids is 2. The Hall–Kier alpha value is -2.98. The van der Waals surface area contributed by atoms with Crippen molar-refractivity contribution < 1.29 is 28.6 Å². The minimum atomic E-state index is -0.749. The van der Waals surface area contributed by atoms with Gasteiger partial charge in [-0.05, 0) is 37.3 Å². The van der Waals surface area contributed by atoms with Crippen LogP contribution in [0.5, 0.6) is 11.5 Å². The molecule has 194 valence electrons. The molecule has 3 heterocycles. The predicted molar refractivity (Wildman–Crippen MR) is 129 cm³/mol. The van der Waals surface area contributed by atoms with Gasteiger partial charge in [-0.15, -0.1) is 0 Å². The molecule has 1 aromatic carbocycles. The van der Waals surface area contributed by atoms with Gasteiger partial charge in [0, 0.05) is 19.9 Å². The number of ketones is 1. The Morgan fingerprint density at radius 3 is 2.69 bits per heavy atom. The number of halogens is 2. The Morgan fingerprint density at radius 1 is 1.17 bits per heavy atom. The standard InChI is InChI=1S/C25H29ClFN3O6/c1-3-15-12-35-13-17-24-28-21(22(33)25(34)30(15)24)18(31)10-8-14-7-9-16(27)20(26)23(14)36-11-5-4-6-19(32)29(17)2/h7,9,15,17,33H,3-6,8,10-13H2,1-2H3/t15-,17?/m0/s1. The smallest absolute Gasteiger partial charge is 0.296 e. The normalized spacial score (nSPS) is 21.5. The van der Waals surface area contributed by atoms with E-state index in [2.05, 4.69) is 4.98 Å². The molecule has 1 N–H and O–H groups in total. The Bertz CT molecular complexity index is 1230. The van der Waals surface area contributed by atoms with E-state index in [9.17, 15) is 23.9 Å². The first-order chi connectivity index (χ1) is 17.2. The molecular weight excluding hydrogens is 493 g/mol. The molecule has 9 nitrogen and oxygen atoms in total. The fourth-order valence-corrected chi connectivity index (χ4v) is 4.81. The quantitative estimate of drug-likeness (QED) is 0.610. The lowest BCUT2D eigenvalue weighted by molar-refractivity contribution is -0.133. The summed E-state index contributed by atoms with van der Waals surface area (Å²) in [6, 6.07) is 1.57. The molecule has 2 aliphatic rings. The zero-order valence-corrected chi connectivity index (χ0v) is 21.0. The summed E-state index contributed by atoms with van der Waals surface area (Å²) in [5.74, 6) is -1.81. The van der Waals surface area contributed by atoms with E-state index < -0.39 is 35.0 Å². The summed E-state index contributed by atoms with van der Waals surface area (Å²) in [6.45, 7) is 2.40. The van der Waals surface area contributed by atoms with Crippen LogP contribution in [-0.2, 0) is 16.0 Å². The van der Waals surface area contributed by atoms with Crippen LogP contribution in [0.25, 0.3) is 0 Å². The van der Waals surface area contributed by atoms with Crippen molar-refractivity contribution in [3.63, 3.8) is 0 Å². The molecule has 2 aliphatic heterocycles. The highest BCUT2D eigenvalue weighted by atomic mass is 35.5. The van der Waals surface area contributed by atoms with Gasteiger partial charge in [-0.2, -0.15) is 0 Å². The molecular formula is C25H29ClFN3O6. The number of amides is 1. The molecule has 2 atom stereocenters. The number of hydrogen-bond acceptors (Lipinski definition) is 7. The number of likely N-dealkylation sites (N-methyl/N-ethyl adjacent to an activating group) is 1. The summed E-state index contributed by atoms with van der Waals surface area (Å²) in [6.07, 6.45) is 1.77. The molecule has 1 unspecified atom stereocenters. The minimum Gasteiger partial charge on any atom is -0.501 e. The third-order valence-electron chi connectivity index (χ3n) is 6.75. The fourth-order valence-electron chi connectivity index (χ4n) is 4.57. The number of nitrogens with zero attached hydrogens (tertiary/aromatic N) is 3. The van der Waals surface area contributed by atoms with Crippen molar-refractivity contribution in [3.05, 3.63) is 50.4 Å². The highest BCUT2D eigenvalue weighted by molar-refractivity contribution is 6.32. The average Bonchev–Trinajstić information content (AvgIpc) is 3.05. The van der Waals surface area contributed by atoms with Crippen molar-refractivity contribution in [3.8, 4) is 11.5 Å². The number of ether oxygens (including phenoxy) is 2. The van der Waals surface area contributed by atoms with Gasteiger partial charge in [0.25, 0.3) is 5.56 Å². The number of aromatic nitrogens is 2. The zero-order valence-electron chi connectivity index (χ0n) is 20.3. The summed E-state index contributed by atoms with van der Waals surface area (Å²) in [7, 11) is 1.60. The average molecular weight is 522 g/mol. The SMILES string of the molecule is CC[C@H]1COCC2c3nc(c(O)c(=O)n31)C(=O)CCc1ccc(F)c(Cl)c1OCCCCC(=O)N2C. The van der Waals surface area contributed by atoms with Crippen LogP contribution in [0, 0.1) is 5.82 Å². The van der Waals surface area contributed by atoms with Crippen LogP contribution in [0.15, 0.2) is 16.9 Å². The maximum Gasteiger partial charge on any atom is 0.296 e. The highest BCUT2D eigenvalue weighted by Crippen LogP contribution is 2.34. The van der Waals surface area contributed by atoms with E-state index >= 15 is 0 Å². The van der Waals surface area contributed by atoms with Gasteiger partial charge in [0.05, 0.1) is 25.9 Å². The Morgan fingerprint density at radius 2 is 1.94 bits per heavy atom. The number of aromatic hydroxyl groups is 1. The van der Waals surface area contributed by atoms with E-state index in [0.717, 1.165) is 0 Å². The molecule has 0 radical (unpaired) electrons. The van der Waals surface area contributed by atoms with Crippen LogP contribution in [0.1, 0.15) is 73.0 Å². The predicted octanol–water partition coefficient (Wildman–Crippen LogP) is 3.60. The Labute approximate surface area is 212 Å². The van der Waals surface area contributed by atoms with Crippen molar-refractivity contribution in [1.29, 1.82) is 0 Å². The summed E-state index contributed by atoms with van der Waals surface area (Å²) in [4.78, 5) is 45.4. The van der Waals surface area contributed by atoms with E-state index in [1.54, 1.807) is 7.05 Å². The molecule has 0 saturated heterocycles. The lowest BCUT2D eigenvalue weighted by Crippen LogP contribution is -2.38.